The van der Waals surface area contributed by atoms with Gasteiger partial charge in [-0.05, 0) is 13.8 Å². The van der Waals surface area contributed by atoms with Gasteiger partial charge in [0, 0.05) is 0 Å². The molecule has 0 rings (SSSR count). The highest BCUT2D eigenvalue weighted by Gasteiger charge is 1.94. The molecule has 0 aromatic heterocycles. The Morgan fingerprint density at radius 1 is 1.57 bits per heavy atom. The summed E-state index contributed by atoms with van der Waals surface area (Å²) < 4.78 is 0. The van der Waals surface area contributed by atoms with Crippen molar-refractivity contribution in [1.29, 1.82) is 0 Å². The van der Waals surface area contributed by atoms with E-state index in [0.29, 0.717) is 0 Å². The predicted octanol–water partition coefficient (Wildman–Crippen LogP) is -0.781. The lowest BCUT2D eigenvalue weighted by molar-refractivity contribution is 0.144. The topological polar surface area (TPSA) is 58.3 Å². The molecule has 3 heteroatoms. The summed E-state index contributed by atoms with van der Waals surface area (Å²) in [5.74, 6) is 0. The molecule has 7 heavy (non-hydrogen) atoms. The zero-order valence-electron chi connectivity index (χ0n) is 4.68. The van der Waals surface area contributed by atoms with Crippen LogP contribution in [0.2, 0.25) is 0 Å². The first kappa shape index (κ1) is 6.88. The molecule has 0 aliphatic rings. The van der Waals surface area contributed by atoms with Crippen LogP contribution in [-0.4, -0.2) is 17.5 Å². The van der Waals surface area contributed by atoms with Crippen LogP contribution in [0.1, 0.15) is 13.8 Å². The molecule has 0 aromatic rings. The molecule has 0 radical (unpaired) electrons. The number of hydrogen-bond donors (Lipinski definition) is 3. The quantitative estimate of drug-likeness (QED) is 0.403. The molecular formula is C4H12N2O. The van der Waals surface area contributed by atoms with Crippen LogP contribution in [0.5, 0.6) is 0 Å². The van der Waals surface area contributed by atoms with Crippen molar-refractivity contribution in [2.45, 2.75) is 26.2 Å². The molecule has 0 aliphatic heterocycles. The summed E-state index contributed by atoms with van der Waals surface area (Å²) in [5, 5.41) is 11.2. The maximum absolute atomic E-state index is 8.53. The lowest BCUT2D eigenvalue weighted by Crippen LogP contribution is -2.40. The van der Waals surface area contributed by atoms with E-state index in [1.54, 1.807) is 13.8 Å². The first-order chi connectivity index (χ1) is 3.13. The van der Waals surface area contributed by atoms with E-state index >= 15 is 0 Å². The zero-order valence-corrected chi connectivity index (χ0v) is 4.68. The van der Waals surface area contributed by atoms with Gasteiger partial charge >= 0.3 is 0 Å². The van der Waals surface area contributed by atoms with Crippen LogP contribution in [0.15, 0.2) is 0 Å². The number of nitrogens with two attached hydrogens (primary N) is 1. The summed E-state index contributed by atoms with van der Waals surface area (Å²) >= 11 is 0. The third-order valence-corrected chi connectivity index (χ3v) is 0.504. The van der Waals surface area contributed by atoms with Gasteiger partial charge in [0.2, 0.25) is 0 Å². The Labute approximate surface area is 43.5 Å². The van der Waals surface area contributed by atoms with Gasteiger partial charge < -0.3 is 10.8 Å². The van der Waals surface area contributed by atoms with Crippen LogP contribution >= 0.6 is 0 Å². The van der Waals surface area contributed by atoms with Crippen molar-refractivity contribution in [2.75, 3.05) is 0 Å². The molecule has 44 valence electrons. The van der Waals surface area contributed by atoms with E-state index in [0.717, 1.165) is 0 Å². The van der Waals surface area contributed by atoms with Crippen LogP contribution in [0.3, 0.4) is 0 Å². The van der Waals surface area contributed by atoms with Gasteiger partial charge in [-0.3, -0.25) is 5.32 Å². The second-order valence-electron chi connectivity index (χ2n) is 1.63. The van der Waals surface area contributed by atoms with Gasteiger partial charge in [-0.2, -0.15) is 0 Å². The Kier molecular flexibility index (Phi) is 2.91. The van der Waals surface area contributed by atoms with Gasteiger partial charge in [0.15, 0.2) is 0 Å². The van der Waals surface area contributed by atoms with Gasteiger partial charge in [-0.1, -0.05) is 0 Å². The van der Waals surface area contributed by atoms with Crippen molar-refractivity contribution < 1.29 is 5.11 Å². The molecule has 3 nitrogen and oxygen atoms in total. The molecule has 0 saturated heterocycles. The molecule has 0 bridgehead atoms. The van der Waals surface area contributed by atoms with Crippen LogP contribution in [0.25, 0.3) is 0 Å². The number of rotatable bonds is 2. The summed E-state index contributed by atoms with van der Waals surface area (Å²) in [5.41, 5.74) is 5.22. The van der Waals surface area contributed by atoms with E-state index in [1.807, 2.05) is 0 Å². The summed E-state index contributed by atoms with van der Waals surface area (Å²) in [6.07, 6.45) is -0.625. The van der Waals surface area contributed by atoms with Crippen molar-refractivity contribution in [3.8, 4) is 0 Å². The smallest absolute Gasteiger partial charge is 0.103 e. The summed E-state index contributed by atoms with van der Waals surface area (Å²) in [4.78, 5) is 0. The average Bonchev–Trinajstić information content (AvgIpc) is 1.27. The SMILES string of the molecule is CC(N)NC(C)O. The lowest BCUT2D eigenvalue weighted by atomic mass is 10.5. The maximum atomic E-state index is 8.53. The normalized spacial score (nSPS) is 18.9. The van der Waals surface area contributed by atoms with E-state index in [9.17, 15) is 0 Å². The highest BCUT2D eigenvalue weighted by Crippen LogP contribution is 1.71. The molecule has 2 unspecified atom stereocenters. The average molecular weight is 104 g/mol. The zero-order chi connectivity index (χ0) is 5.86. The van der Waals surface area contributed by atoms with E-state index in [4.69, 9.17) is 10.8 Å². The van der Waals surface area contributed by atoms with Gasteiger partial charge in [0.1, 0.15) is 6.23 Å². The molecular weight excluding hydrogens is 92.1 g/mol. The van der Waals surface area contributed by atoms with E-state index in [2.05, 4.69) is 5.32 Å². The third-order valence-electron chi connectivity index (χ3n) is 0.504. The third kappa shape index (κ3) is 5.88. The van der Waals surface area contributed by atoms with Gasteiger partial charge in [0.05, 0.1) is 6.17 Å². The first-order valence-electron chi connectivity index (χ1n) is 2.32. The molecule has 0 aromatic carbocycles. The summed E-state index contributed by atoms with van der Waals surface area (Å²) in [7, 11) is 0. The highest BCUT2D eigenvalue weighted by atomic mass is 16.3. The Balaban J connectivity index is 2.95. The molecule has 0 fully saturated rings. The number of hydrogen-bond acceptors (Lipinski definition) is 3. The fourth-order valence-corrected chi connectivity index (χ4v) is 0.380. The Morgan fingerprint density at radius 3 is 2.00 bits per heavy atom. The molecule has 2 atom stereocenters. The lowest BCUT2D eigenvalue weighted by Gasteiger charge is -2.09. The van der Waals surface area contributed by atoms with Crippen molar-refractivity contribution >= 4 is 0 Å². The fourth-order valence-electron chi connectivity index (χ4n) is 0.380. The van der Waals surface area contributed by atoms with E-state index in [-0.39, 0.29) is 6.17 Å². The monoisotopic (exact) mass is 104 g/mol. The maximum Gasteiger partial charge on any atom is 0.103 e. The minimum Gasteiger partial charge on any atom is -0.379 e. The second kappa shape index (κ2) is 2.96. The minimum absolute atomic E-state index is 0.125. The Morgan fingerprint density at radius 2 is 2.00 bits per heavy atom. The van der Waals surface area contributed by atoms with Crippen LogP contribution < -0.4 is 11.1 Å². The minimum atomic E-state index is -0.500. The molecule has 4 N–H and O–H groups in total. The highest BCUT2D eigenvalue weighted by molar-refractivity contribution is 4.48. The first-order valence-corrected chi connectivity index (χ1v) is 2.32. The summed E-state index contributed by atoms with van der Waals surface area (Å²) in [6, 6.07) is 0. The number of aliphatic hydroxyl groups is 1. The number of nitrogens with one attached hydrogen (secondary N) is 1. The van der Waals surface area contributed by atoms with Crippen LogP contribution in [0.4, 0.5) is 0 Å². The van der Waals surface area contributed by atoms with Crippen molar-refractivity contribution in [1.82, 2.24) is 5.32 Å². The van der Waals surface area contributed by atoms with Gasteiger partial charge in [-0.25, -0.2) is 0 Å². The number of aliphatic hydroxyl groups excluding tert-OH is 1. The molecule has 0 amide bonds. The van der Waals surface area contributed by atoms with Crippen molar-refractivity contribution in [2.24, 2.45) is 5.73 Å². The second-order valence-corrected chi connectivity index (χ2v) is 1.63. The van der Waals surface area contributed by atoms with Crippen LogP contribution in [-0.2, 0) is 0 Å². The van der Waals surface area contributed by atoms with Crippen molar-refractivity contribution in [3.05, 3.63) is 0 Å². The standard InChI is InChI=1S/C4H12N2O/c1-3(5)6-4(2)7/h3-4,6-7H,5H2,1-2H3. The largest absolute Gasteiger partial charge is 0.379 e. The van der Waals surface area contributed by atoms with Crippen LogP contribution in [0, 0.1) is 0 Å². The van der Waals surface area contributed by atoms with Gasteiger partial charge in [-0.15, -0.1) is 0 Å². The van der Waals surface area contributed by atoms with Crippen molar-refractivity contribution in [3.63, 3.8) is 0 Å². The predicted molar refractivity (Wildman–Crippen MR) is 28.5 cm³/mol. The van der Waals surface area contributed by atoms with Gasteiger partial charge in [0.25, 0.3) is 0 Å². The fraction of sp³-hybridized carbons (Fsp3) is 1.00. The van der Waals surface area contributed by atoms with E-state index in [1.165, 1.54) is 0 Å². The molecule has 0 spiro atoms. The molecule has 0 saturated carbocycles. The molecule has 0 heterocycles. The summed E-state index contributed by atoms with van der Waals surface area (Å²) in [6.45, 7) is 3.40. The molecule has 0 aliphatic carbocycles. The van der Waals surface area contributed by atoms with E-state index < -0.39 is 6.23 Å². The Bertz CT molecular complexity index is 39.0. The Hall–Kier alpha value is -0.120.